The van der Waals surface area contributed by atoms with Crippen LogP contribution in [0.5, 0.6) is 0 Å². The maximum absolute atomic E-state index is 12.3. The van der Waals surface area contributed by atoms with Gasteiger partial charge < -0.3 is 57.4 Å². The van der Waals surface area contributed by atoms with Crippen molar-refractivity contribution >= 4 is 28.7 Å². The lowest BCUT2D eigenvalue weighted by Gasteiger charge is -2.14. The normalized spacial score (nSPS) is 12.2. The molecule has 1 amide bonds. The maximum Gasteiger partial charge on any atom is 0.407 e. The molecule has 0 atom stereocenters. The second-order valence-electron chi connectivity index (χ2n) is 12.8. The highest BCUT2D eigenvalue weighted by Gasteiger charge is 2.28. The predicted molar refractivity (Wildman–Crippen MR) is 223 cm³/mol. The van der Waals surface area contributed by atoms with E-state index in [1.807, 2.05) is 24.3 Å². The molecule has 14 heteroatoms. The summed E-state index contributed by atoms with van der Waals surface area (Å²) in [7, 11) is 0. The fraction of sp³-hybridized carbons (Fsp3) is 0.690. The van der Waals surface area contributed by atoms with Gasteiger partial charge in [-0.1, -0.05) is 84.0 Å². The number of amides is 1. The smallest absolute Gasteiger partial charge is 0.407 e. The zero-order valence-corrected chi connectivity index (χ0v) is 35.4. The fourth-order valence-corrected chi connectivity index (χ4v) is 6.29. The minimum Gasteiger partial charge on any atom is -0.449 e. The molecule has 1 aliphatic carbocycles. The summed E-state index contributed by atoms with van der Waals surface area (Å²) in [6, 6.07) is 16.6. The molecule has 0 fully saturated rings. The van der Waals surface area contributed by atoms with E-state index in [1.165, 1.54) is 45.9 Å². The molecule has 0 spiro atoms. The number of hydrogen-bond acceptors (Lipinski definition) is 12. The van der Waals surface area contributed by atoms with E-state index in [-0.39, 0.29) is 5.92 Å². The highest BCUT2D eigenvalue weighted by molar-refractivity contribution is 14.1. The first kappa shape index (κ1) is 48.4. The molecule has 0 aromatic heterocycles. The van der Waals surface area contributed by atoms with Gasteiger partial charge in [0.1, 0.15) is 6.61 Å². The summed E-state index contributed by atoms with van der Waals surface area (Å²) in [5.74, 6) is 0.0512. The van der Waals surface area contributed by atoms with Gasteiger partial charge >= 0.3 is 6.09 Å². The Morgan fingerprint density at radius 3 is 1.18 bits per heavy atom. The molecule has 0 radical (unpaired) electrons. The van der Waals surface area contributed by atoms with Gasteiger partial charge in [0.2, 0.25) is 0 Å². The monoisotopic (exact) mass is 903 g/mol. The van der Waals surface area contributed by atoms with E-state index >= 15 is 0 Å². The lowest BCUT2D eigenvalue weighted by atomic mass is 9.98. The number of hydrogen-bond donors (Lipinski definition) is 1. The molecule has 13 nitrogen and oxygen atoms in total. The van der Waals surface area contributed by atoms with Crippen LogP contribution in [0.1, 0.15) is 49.1 Å². The Kier molecular flexibility index (Phi) is 30.3. The van der Waals surface area contributed by atoms with Gasteiger partial charge in [-0.25, -0.2) is 4.79 Å². The number of alkyl carbamates (subject to hydrolysis) is 1. The number of benzene rings is 2. The summed E-state index contributed by atoms with van der Waals surface area (Å²) < 4.78 is 62.1. The molecule has 3 rings (SSSR count). The topological polar surface area (TPSA) is 131 Å². The van der Waals surface area contributed by atoms with Crippen LogP contribution in [0.25, 0.3) is 11.1 Å². The van der Waals surface area contributed by atoms with Gasteiger partial charge in [0, 0.05) is 25.7 Å². The van der Waals surface area contributed by atoms with E-state index in [4.69, 9.17) is 52.1 Å². The molecule has 56 heavy (non-hydrogen) atoms. The number of rotatable bonds is 39. The summed E-state index contributed by atoms with van der Waals surface area (Å²) in [5.41, 5.74) is 4.81. The molecular weight excluding hydrogens is 837 g/mol. The summed E-state index contributed by atoms with van der Waals surface area (Å²) in [6.45, 7) is 11.5. The van der Waals surface area contributed by atoms with Crippen LogP contribution in [-0.4, -0.2) is 156 Å². The Hall–Kier alpha value is -1.96. The average molecular weight is 904 g/mol. The largest absolute Gasteiger partial charge is 0.449 e. The lowest BCUT2D eigenvalue weighted by Crippen LogP contribution is -2.27. The van der Waals surface area contributed by atoms with Crippen molar-refractivity contribution in [2.75, 3.05) is 150 Å². The molecule has 0 aliphatic heterocycles. The third-order valence-electron chi connectivity index (χ3n) is 8.60. The van der Waals surface area contributed by atoms with Crippen molar-refractivity contribution in [1.82, 2.24) is 5.32 Å². The highest BCUT2D eigenvalue weighted by Crippen LogP contribution is 2.44. The summed E-state index contributed by atoms with van der Waals surface area (Å²) in [4.78, 5) is 12.3. The second kappa shape index (κ2) is 35.0. The number of carbonyl (C=O) groups excluding carboxylic acids is 1. The standard InChI is InChI=1S/C42H66INO12/c43-14-7-1-2-8-16-46-18-20-48-22-24-50-26-28-52-30-32-54-34-35-55-33-31-53-29-27-51-25-23-49-21-19-47-17-9-15-44-42(45)56-36-41-39-12-5-3-10-37(39)38-11-4-6-13-40(38)41/h3-6,10-13,41H,1-2,7-9,14-36H2,(H,44,45). The van der Waals surface area contributed by atoms with Crippen LogP contribution in [0.15, 0.2) is 48.5 Å². The van der Waals surface area contributed by atoms with Gasteiger partial charge in [-0.05, 0) is 45.9 Å². The molecule has 0 saturated heterocycles. The molecule has 0 heterocycles. The molecule has 2 aromatic rings. The SMILES string of the molecule is O=C(NCCCOCCOCCOCCOCCOCCOCCOCCOCCOCCOCCCCCCI)OCC1c2ccccc2-c2ccccc21. The second-order valence-corrected chi connectivity index (χ2v) is 13.9. The third-order valence-corrected chi connectivity index (χ3v) is 9.36. The minimum absolute atomic E-state index is 0.0512. The quantitative estimate of drug-likeness (QED) is 0.0475. The van der Waals surface area contributed by atoms with Gasteiger partial charge in [0.05, 0.1) is 119 Å². The van der Waals surface area contributed by atoms with E-state index in [0.717, 1.165) is 13.0 Å². The van der Waals surface area contributed by atoms with E-state index in [0.29, 0.717) is 145 Å². The number of carbonyl (C=O) groups is 1. The summed E-state index contributed by atoms with van der Waals surface area (Å²) >= 11 is 2.42. The Bertz CT molecular complexity index is 1180. The summed E-state index contributed by atoms with van der Waals surface area (Å²) in [5, 5.41) is 2.81. The van der Waals surface area contributed by atoms with Crippen LogP contribution in [0.4, 0.5) is 4.79 Å². The molecule has 1 aliphatic rings. The van der Waals surface area contributed by atoms with Crippen LogP contribution in [-0.2, 0) is 52.1 Å². The molecule has 2 aromatic carbocycles. The van der Waals surface area contributed by atoms with E-state index in [1.54, 1.807) is 0 Å². The first-order valence-electron chi connectivity index (χ1n) is 20.2. The van der Waals surface area contributed by atoms with E-state index < -0.39 is 6.09 Å². The first-order chi connectivity index (χ1) is 27.8. The molecule has 0 bridgehead atoms. The van der Waals surface area contributed by atoms with E-state index in [2.05, 4.69) is 52.2 Å². The maximum atomic E-state index is 12.3. The van der Waals surface area contributed by atoms with Crippen molar-refractivity contribution in [3.8, 4) is 11.1 Å². The zero-order valence-electron chi connectivity index (χ0n) is 33.3. The van der Waals surface area contributed by atoms with Crippen molar-refractivity contribution in [1.29, 1.82) is 0 Å². The van der Waals surface area contributed by atoms with Crippen LogP contribution >= 0.6 is 22.6 Å². The molecular formula is C42H66INO12. The Morgan fingerprint density at radius 1 is 0.446 bits per heavy atom. The average Bonchev–Trinajstić information content (AvgIpc) is 3.54. The third kappa shape index (κ3) is 23.4. The van der Waals surface area contributed by atoms with Crippen molar-refractivity contribution in [3.63, 3.8) is 0 Å². The van der Waals surface area contributed by atoms with Crippen molar-refractivity contribution in [2.45, 2.75) is 38.0 Å². The molecule has 0 unspecified atom stereocenters. The molecule has 1 N–H and O–H groups in total. The van der Waals surface area contributed by atoms with Crippen LogP contribution < -0.4 is 5.32 Å². The number of halogens is 1. The van der Waals surface area contributed by atoms with Gasteiger partial charge in [0.25, 0.3) is 0 Å². The zero-order chi connectivity index (χ0) is 39.4. The Morgan fingerprint density at radius 2 is 0.786 bits per heavy atom. The van der Waals surface area contributed by atoms with Crippen molar-refractivity contribution < 1.29 is 56.9 Å². The van der Waals surface area contributed by atoms with Crippen molar-refractivity contribution in [2.24, 2.45) is 0 Å². The first-order valence-corrected chi connectivity index (χ1v) is 21.8. The predicted octanol–water partition coefficient (Wildman–Crippen LogP) is 6.08. The fourth-order valence-electron chi connectivity index (χ4n) is 5.75. The number of unbranched alkanes of at least 4 members (excludes halogenated alkanes) is 3. The lowest BCUT2D eigenvalue weighted by molar-refractivity contribution is -0.0264. The van der Waals surface area contributed by atoms with Gasteiger partial charge in [-0.2, -0.15) is 0 Å². The highest BCUT2D eigenvalue weighted by atomic mass is 127. The Balaban J connectivity index is 0.936. The Labute approximate surface area is 348 Å². The van der Waals surface area contributed by atoms with Crippen LogP contribution in [0.2, 0.25) is 0 Å². The number of fused-ring (bicyclic) bond motifs is 3. The van der Waals surface area contributed by atoms with Crippen LogP contribution in [0.3, 0.4) is 0 Å². The number of ether oxygens (including phenoxy) is 11. The molecule has 318 valence electrons. The van der Waals surface area contributed by atoms with Gasteiger partial charge in [0.15, 0.2) is 0 Å². The number of nitrogens with one attached hydrogen (secondary N) is 1. The number of alkyl halides is 1. The van der Waals surface area contributed by atoms with Crippen LogP contribution in [0, 0.1) is 0 Å². The van der Waals surface area contributed by atoms with Gasteiger partial charge in [-0.15, -0.1) is 0 Å². The molecule has 0 saturated carbocycles. The van der Waals surface area contributed by atoms with Crippen molar-refractivity contribution in [3.05, 3.63) is 59.7 Å². The summed E-state index contributed by atoms with van der Waals surface area (Å²) in [6.07, 6.45) is 5.24. The van der Waals surface area contributed by atoms with E-state index in [9.17, 15) is 4.79 Å². The van der Waals surface area contributed by atoms with Gasteiger partial charge in [-0.3, -0.25) is 0 Å². The minimum atomic E-state index is -0.413.